The second-order valence-electron chi connectivity index (χ2n) is 2.88. The fourth-order valence-corrected chi connectivity index (χ4v) is 2.16. The highest BCUT2D eigenvalue weighted by Gasteiger charge is 2.13. The molecular weight excluding hydrogens is 281 g/mol. The normalized spacial score (nSPS) is 9.67. The molecule has 0 atom stereocenters. The van der Waals surface area contributed by atoms with Crippen molar-refractivity contribution in [2.24, 2.45) is 0 Å². The van der Waals surface area contributed by atoms with Gasteiger partial charge >= 0.3 is 5.97 Å². The Bertz CT molecular complexity index is 440. The van der Waals surface area contributed by atoms with E-state index in [4.69, 9.17) is 22.0 Å². The molecule has 0 bridgehead atoms. The third kappa shape index (κ3) is 2.71. The lowest BCUT2D eigenvalue weighted by atomic mass is 10.0. The van der Waals surface area contributed by atoms with E-state index in [1.165, 1.54) is 0 Å². The van der Waals surface area contributed by atoms with Crippen molar-refractivity contribution in [1.82, 2.24) is 0 Å². The molecular formula is C10H7BrClNO2. The number of nitrogens with zero attached hydrogens (tertiary/aromatic N) is 1. The molecule has 0 saturated heterocycles. The molecule has 0 unspecified atom stereocenters. The molecule has 1 aromatic rings. The van der Waals surface area contributed by atoms with Gasteiger partial charge in [-0.05, 0) is 17.2 Å². The average molecular weight is 289 g/mol. The first kappa shape index (κ1) is 12.0. The Kier molecular flexibility index (Phi) is 4.13. The molecule has 0 amide bonds. The van der Waals surface area contributed by atoms with Crippen LogP contribution in [-0.4, -0.2) is 11.1 Å². The Hall–Kier alpha value is -1.05. The van der Waals surface area contributed by atoms with Crippen LogP contribution < -0.4 is 0 Å². The zero-order valence-electron chi connectivity index (χ0n) is 7.63. The molecule has 0 saturated carbocycles. The summed E-state index contributed by atoms with van der Waals surface area (Å²) >= 11 is 8.96. The summed E-state index contributed by atoms with van der Waals surface area (Å²) in [4.78, 5) is 10.6. The van der Waals surface area contributed by atoms with Crippen LogP contribution in [-0.2, 0) is 17.1 Å². The van der Waals surface area contributed by atoms with Gasteiger partial charge in [-0.15, -0.1) is 11.6 Å². The molecule has 1 aromatic carbocycles. The van der Waals surface area contributed by atoms with Crippen molar-refractivity contribution in [3.63, 3.8) is 0 Å². The van der Waals surface area contributed by atoms with Gasteiger partial charge in [-0.3, -0.25) is 4.79 Å². The van der Waals surface area contributed by atoms with Crippen LogP contribution in [0.2, 0.25) is 0 Å². The van der Waals surface area contributed by atoms with Gasteiger partial charge in [-0.1, -0.05) is 22.0 Å². The quantitative estimate of drug-likeness (QED) is 0.870. The van der Waals surface area contributed by atoms with Gasteiger partial charge in [-0.25, -0.2) is 0 Å². The van der Waals surface area contributed by atoms with Crippen LogP contribution in [0.15, 0.2) is 16.6 Å². The number of carbonyl (C=O) groups is 1. The molecule has 5 heteroatoms. The Morgan fingerprint density at radius 3 is 2.73 bits per heavy atom. The topological polar surface area (TPSA) is 61.1 Å². The first-order valence-electron chi connectivity index (χ1n) is 4.08. The van der Waals surface area contributed by atoms with Gasteiger partial charge in [0, 0.05) is 10.4 Å². The van der Waals surface area contributed by atoms with E-state index in [0.717, 1.165) is 4.47 Å². The van der Waals surface area contributed by atoms with E-state index in [2.05, 4.69) is 15.9 Å². The maximum atomic E-state index is 10.6. The number of aliphatic carboxylic acids is 1. The third-order valence-corrected chi connectivity index (χ3v) is 2.94. The molecule has 0 aliphatic heterocycles. The number of carboxylic acid groups (broad SMARTS) is 1. The third-order valence-electron chi connectivity index (χ3n) is 1.93. The van der Waals surface area contributed by atoms with Crippen molar-refractivity contribution in [3.05, 3.63) is 33.3 Å². The summed E-state index contributed by atoms with van der Waals surface area (Å²) in [5.41, 5.74) is 1.48. The van der Waals surface area contributed by atoms with E-state index >= 15 is 0 Å². The van der Waals surface area contributed by atoms with Crippen LogP contribution in [0.25, 0.3) is 0 Å². The predicted molar refractivity (Wildman–Crippen MR) is 59.8 cm³/mol. The molecule has 0 aliphatic rings. The van der Waals surface area contributed by atoms with Crippen LogP contribution in [0.5, 0.6) is 0 Å². The van der Waals surface area contributed by atoms with Gasteiger partial charge in [-0.2, -0.15) is 5.26 Å². The molecule has 1 rings (SSSR count). The first-order chi connectivity index (χ1) is 7.10. The summed E-state index contributed by atoms with van der Waals surface area (Å²) in [6, 6.07) is 5.31. The van der Waals surface area contributed by atoms with Crippen molar-refractivity contribution >= 4 is 33.5 Å². The molecule has 0 radical (unpaired) electrons. The Balaban J connectivity index is 3.30. The van der Waals surface area contributed by atoms with E-state index in [1.807, 2.05) is 6.07 Å². The summed E-state index contributed by atoms with van der Waals surface area (Å²) < 4.78 is 0.725. The molecule has 1 N–H and O–H groups in total. The fraction of sp³-hybridized carbons (Fsp3) is 0.200. The van der Waals surface area contributed by atoms with Crippen molar-refractivity contribution in [3.8, 4) is 6.07 Å². The zero-order chi connectivity index (χ0) is 11.4. The maximum Gasteiger partial charge on any atom is 0.307 e. The number of carboxylic acids is 1. The highest BCUT2D eigenvalue weighted by Crippen LogP contribution is 2.25. The van der Waals surface area contributed by atoms with E-state index in [-0.39, 0.29) is 12.3 Å². The average Bonchev–Trinajstić information content (AvgIpc) is 2.19. The van der Waals surface area contributed by atoms with Crippen LogP contribution >= 0.6 is 27.5 Å². The van der Waals surface area contributed by atoms with Crippen molar-refractivity contribution in [2.45, 2.75) is 12.3 Å². The number of halogens is 2. The summed E-state index contributed by atoms with van der Waals surface area (Å²) in [5.74, 6) is -0.786. The molecule has 78 valence electrons. The monoisotopic (exact) mass is 287 g/mol. The summed E-state index contributed by atoms with van der Waals surface area (Å²) in [6.07, 6.45) is -0.167. The Labute approximate surface area is 100 Å². The smallest absolute Gasteiger partial charge is 0.307 e. The van der Waals surface area contributed by atoms with Gasteiger partial charge < -0.3 is 5.11 Å². The molecule has 0 fully saturated rings. The standard InChI is InChI=1S/C10H7BrClNO2/c11-9-2-1-6(3-10(14)15)8(5-13)7(9)4-12/h1-2H,3-4H2,(H,14,15). The second-order valence-corrected chi connectivity index (χ2v) is 4.00. The molecule has 15 heavy (non-hydrogen) atoms. The molecule has 0 aromatic heterocycles. The van der Waals surface area contributed by atoms with Gasteiger partial charge in [0.1, 0.15) is 0 Å². The van der Waals surface area contributed by atoms with Crippen LogP contribution in [0.4, 0.5) is 0 Å². The first-order valence-corrected chi connectivity index (χ1v) is 5.41. The van der Waals surface area contributed by atoms with Gasteiger partial charge in [0.15, 0.2) is 0 Å². The minimum Gasteiger partial charge on any atom is -0.481 e. The number of benzene rings is 1. The number of rotatable bonds is 3. The minimum atomic E-state index is -0.964. The van der Waals surface area contributed by atoms with E-state index in [0.29, 0.717) is 16.7 Å². The molecule has 0 spiro atoms. The molecule has 0 aliphatic carbocycles. The molecule has 3 nitrogen and oxygen atoms in total. The van der Waals surface area contributed by atoms with Crippen molar-refractivity contribution in [1.29, 1.82) is 5.26 Å². The molecule has 0 heterocycles. The van der Waals surface area contributed by atoms with Crippen molar-refractivity contribution in [2.75, 3.05) is 0 Å². The highest BCUT2D eigenvalue weighted by atomic mass is 79.9. The SMILES string of the molecule is N#Cc1c(CC(=O)O)ccc(Br)c1CCl. The lowest BCUT2D eigenvalue weighted by Crippen LogP contribution is -2.04. The summed E-state index contributed by atoms with van der Waals surface area (Å²) in [6.45, 7) is 0. The van der Waals surface area contributed by atoms with E-state index < -0.39 is 5.97 Å². The zero-order valence-corrected chi connectivity index (χ0v) is 9.97. The van der Waals surface area contributed by atoms with Gasteiger partial charge in [0.2, 0.25) is 0 Å². The number of hydrogen-bond donors (Lipinski definition) is 1. The maximum absolute atomic E-state index is 10.6. The summed E-state index contributed by atoms with van der Waals surface area (Å²) in [7, 11) is 0. The van der Waals surface area contributed by atoms with Gasteiger partial charge in [0.05, 0.1) is 18.1 Å². The number of hydrogen-bond acceptors (Lipinski definition) is 2. The van der Waals surface area contributed by atoms with Crippen LogP contribution in [0.3, 0.4) is 0 Å². The summed E-state index contributed by atoms with van der Waals surface area (Å²) in [5, 5.41) is 17.6. The predicted octanol–water partition coefficient (Wildman–Crippen LogP) is 2.69. The minimum absolute atomic E-state index is 0.167. The highest BCUT2D eigenvalue weighted by molar-refractivity contribution is 9.10. The Morgan fingerprint density at radius 1 is 1.60 bits per heavy atom. The van der Waals surface area contributed by atoms with Crippen molar-refractivity contribution < 1.29 is 9.90 Å². The van der Waals surface area contributed by atoms with Gasteiger partial charge in [0.25, 0.3) is 0 Å². The number of alkyl halides is 1. The van der Waals surface area contributed by atoms with Crippen LogP contribution in [0, 0.1) is 11.3 Å². The lowest BCUT2D eigenvalue weighted by Gasteiger charge is -2.07. The number of nitriles is 1. The largest absolute Gasteiger partial charge is 0.481 e. The van der Waals surface area contributed by atoms with Crippen LogP contribution in [0.1, 0.15) is 16.7 Å². The van der Waals surface area contributed by atoms with E-state index in [1.54, 1.807) is 12.1 Å². The lowest BCUT2D eigenvalue weighted by molar-refractivity contribution is -0.136. The fourth-order valence-electron chi connectivity index (χ4n) is 1.25. The second kappa shape index (κ2) is 5.15. The Morgan fingerprint density at radius 2 is 2.27 bits per heavy atom. The van der Waals surface area contributed by atoms with E-state index in [9.17, 15) is 4.79 Å².